The van der Waals surface area contributed by atoms with Crippen LogP contribution in [0.15, 0.2) is 34.8 Å². The molecule has 0 fully saturated rings. The van der Waals surface area contributed by atoms with Crippen LogP contribution in [0.25, 0.3) is 0 Å². The summed E-state index contributed by atoms with van der Waals surface area (Å²) in [6.45, 7) is 0. The second-order valence-electron chi connectivity index (χ2n) is 3.32. The molecule has 1 aromatic carbocycles. The van der Waals surface area contributed by atoms with Gasteiger partial charge in [-0.2, -0.15) is 0 Å². The number of nitrogens with one attached hydrogen (secondary N) is 1. The molecule has 0 saturated heterocycles. The van der Waals surface area contributed by atoms with Crippen molar-refractivity contribution >= 4 is 50.9 Å². The fourth-order valence-electron chi connectivity index (χ4n) is 1.24. The zero-order chi connectivity index (χ0) is 13.1. The first-order valence-corrected chi connectivity index (χ1v) is 6.37. The summed E-state index contributed by atoms with van der Waals surface area (Å²) in [6, 6.07) is 8.10. The predicted octanol–water partition coefficient (Wildman–Crippen LogP) is 3.80. The molecule has 0 aliphatic heterocycles. The van der Waals surface area contributed by atoms with Crippen molar-refractivity contribution in [3.05, 3.63) is 50.5 Å². The van der Waals surface area contributed by atoms with Crippen molar-refractivity contribution in [3.8, 4) is 0 Å². The smallest absolute Gasteiger partial charge is 0.258 e. The van der Waals surface area contributed by atoms with Crippen LogP contribution in [0, 0.1) is 0 Å². The average molecular weight is 347 g/mol. The van der Waals surface area contributed by atoms with E-state index in [4.69, 9.17) is 23.2 Å². The Morgan fingerprint density at radius 1 is 1.17 bits per heavy atom. The highest BCUT2D eigenvalue weighted by Gasteiger charge is 2.11. The number of hydrogen-bond donors (Lipinski definition) is 1. The van der Waals surface area contributed by atoms with E-state index in [1.807, 2.05) is 0 Å². The molecular formula is C11H6BrCl2N3O. The van der Waals surface area contributed by atoms with E-state index in [0.29, 0.717) is 16.4 Å². The Bertz CT molecular complexity index is 589. The highest BCUT2D eigenvalue weighted by molar-refractivity contribution is 9.10. The largest absolute Gasteiger partial charge is 0.305 e. The third-order valence-corrected chi connectivity index (χ3v) is 3.07. The van der Waals surface area contributed by atoms with Crippen LogP contribution < -0.4 is 5.32 Å². The Balaban J connectivity index is 2.21. The van der Waals surface area contributed by atoms with E-state index in [-0.39, 0.29) is 11.1 Å². The quantitative estimate of drug-likeness (QED) is 0.899. The lowest BCUT2D eigenvalue weighted by Gasteiger charge is -2.05. The molecule has 0 bridgehead atoms. The van der Waals surface area contributed by atoms with Crippen LogP contribution in [0.3, 0.4) is 0 Å². The number of amides is 1. The van der Waals surface area contributed by atoms with E-state index in [0.717, 1.165) is 4.47 Å². The molecule has 0 spiro atoms. The molecule has 0 aliphatic carbocycles. The zero-order valence-corrected chi connectivity index (χ0v) is 11.9. The molecule has 1 aromatic heterocycles. The fraction of sp³-hybridized carbons (Fsp3) is 0. The lowest BCUT2D eigenvalue weighted by molar-refractivity contribution is 0.102. The summed E-state index contributed by atoms with van der Waals surface area (Å²) in [4.78, 5) is 12.0. The standard InChI is InChI=1S/C11H6BrCl2N3O/c12-6-1-2-8(13)7(5-6)11(18)15-10-4-3-9(14)16-17-10/h1-5H,(H,15,17,18). The van der Waals surface area contributed by atoms with Gasteiger partial charge in [0.2, 0.25) is 0 Å². The summed E-state index contributed by atoms with van der Waals surface area (Å²) in [5, 5.41) is 10.5. The van der Waals surface area contributed by atoms with Crippen LogP contribution in [-0.4, -0.2) is 16.1 Å². The molecule has 18 heavy (non-hydrogen) atoms. The molecule has 0 aliphatic rings. The molecule has 0 saturated carbocycles. The molecule has 2 rings (SSSR count). The number of halogens is 3. The fourth-order valence-corrected chi connectivity index (χ4v) is 1.90. The van der Waals surface area contributed by atoms with Gasteiger partial charge in [-0.05, 0) is 30.3 Å². The van der Waals surface area contributed by atoms with E-state index in [9.17, 15) is 4.79 Å². The molecule has 1 heterocycles. The van der Waals surface area contributed by atoms with Gasteiger partial charge >= 0.3 is 0 Å². The number of nitrogens with zero attached hydrogens (tertiary/aromatic N) is 2. The number of aromatic nitrogens is 2. The van der Waals surface area contributed by atoms with Crippen molar-refractivity contribution in [2.24, 2.45) is 0 Å². The maximum absolute atomic E-state index is 12.0. The van der Waals surface area contributed by atoms with Crippen LogP contribution in [-0.2, 0) is 0 Å². The van der Waals surface area contributed by atoms with Gasteiger partial charge in [-0.15, -0.1) is 10.2 Å². The third kappa shape index (κ3) is 3.19. The SMILES string of the molecule is O=C(Nc1ccc(Cl)nn1)c1cc(Br)ccc1Cl. The van der Waals surface area contributed by atoms with Gasteiger partial charge in [-0.25, -0.2) is 0 Å². The summed E-state index contributed by atoms with van der Waals surface area (Å²) in [7, 11) is 0. The molecule has 92 valence electrons. The minimum atomic E-state index is -0.363. The zero-order valence-electron chi connectivity index (χ0n) is 8.82. The normalized spacial score (nSPS) is 10.2. The molecule has 2 aromatic rings. The number of carbonyl (C=O) groups is 1. The van der Waals surface area contributed by atoms with E-state index < -0.39 is 0 Å². The summed E-state index contributed by atoms with van der Waals surface area (Å²) < 4.78 is 0.763. The number of anilines is 1. The van der Waals surface area contributed by atoms with Crippen molar-refractivity contribution in [2.45, 2.75) is 0 Å². The molecule has 1 N–H and O–H groups in total. The summed E-state index contributed by atoms with van der Waals surface area (Å²) >= 11 is 14.8. The maximum atomic E-state index is 12.0. The van der Waals surface area contributed by atoms with Gasteiger partial charge in [0.05, 0.1) is 10.6 Å². The molecule has 7 heteroatoms. The van der Waals surface area contributed by atoms with E-state index >= 15 is 0 Å². The topological polar surface area (TPSA) is 54.9 Å². The highest BCUT2D eigenvalue weighted by atomic mass is 79.9. The highest BCUT2D eigenvalue weighted by Crippen LogP contribution is 2.21. The Hall–Kier alpha value is -1.17. The Morgan fingerprint density at radius 2 is 1.94 bits per heavy atom. The van der Waals surface area contributed by atoms with Crippen LogP contribution in [0.1, 0.15) is 10.4 Å². The van der Waals surface area contributed by atoms with Crippen LogP contribution in [0.5, 0.6) is 0 Å². The number of benzene rings is 1. The van der Waals surface area contributed by atoms with Crippen molar-refractivity contribution in [2.75, 3.05) is 5.32 Å². The van der Waals surface area contributed by atoms with Gasteiger partial charge in [-0.3, -0.25) is 4.79 Å². The summed E-state index contributed by atoms with van der Waals surface area (Å²) in [6.07, 6.45) is 0. The first kappa shape index (κ1) is 13.3. The van der Waals surface area contributed by atoms with Crippen molar-refractivity contribution < 1.29 is 4.79 Å². The van der Waals surface area contributed by atoms with Gasteiger partial charge in [0.15, 0.2) is 11.0 Å². The third-order valence-electron chi connectivity index (χ3n) is 2.05. The van der Waals surface area contributed by atoms with Gasteiger partial charge in [0, 0.05) is 4.47 Å². The molecule has 0 unspecified atom stereocenters. The monoisotopic (exact) mass is 345 g/mol. The van der Waals surface area contributed by atoms with E-state index in [1.165, 1.54) is 6.07 Å². The molecule has 0 radical (unpaired) electrons. The minimum absolute atomic E-state index is 0.258. The van der Waals surface area contributed by atoms with Gasteiger partial charge in [0.25, 0.3) is 5.91 Å². The van der Waals surface area contributed by atoms with Crippen molar-refractivity contribution in [1.82, 2.24) is 10.2 Å². The van der Waals surface area contributed by atoms with E-state index in [1.54, 1.807) is 24.3 Å². The predicted molar refractivity (Wildman–Crippen MR) is 74.1 cm³/mol. The second-order valence-corrected chi connectivity index (χ2v) is 5.03. The van der Waals surface area contributed by atoms with Crippen molar-refractivity contribution in [1.29, 1.82) is 0 Å². The molecule has 0 atom stereocenters. The molecular weight excluding hydrogens is 341 g/mol. The van der Waals surface area contributed by atoms with Crippen LogP contribution >= 0.6 is 39.1 Å². The van der Waals surface area contributed by atoms with Crippen LogP contribution in [0.2, 0.25) is 10.2 Å². The van der Waals surface area contributed by atoms with Crippen LogP contribution in [0.4, 0.5) is 5.82 Å². The Morgan fingerprint density at radius 3 is 2.61 bits per heavy atom. The number of carbonyl (C=O) groups excluding carboxylic acids is 1. The molecule has 4 nitrogen and oxygen atoms in total. The molecule has 1 amide bonds. The van der Waals surface area contributed by atoms with E-state index in [2.05, 4.69) is 31.4 Å². The Kier molecular flexibility index (Phi) is 4.16. The minimum Gasteiger partial charge on any atom is -0.305 e. The average Bonchev–Trinajstić information content (AvgIpc) is 2.35. The second kappa shape index (κ2) is 5.65. The lowest BCUT2D eigenvalue weighted by atomic mass is 10.2. The number of hydrogen-bond acceptors (Lipinski definition) is 3. The number of rotatable bonds is 2. The Labute approximate surface area is 121 Å². The van der Waals surface area contributed by atoms with Gasteiger partial charge in [-0.1, -0.05) is 39.1 Å². The summed E-state index contributed by atoms with van der Waals surface area (Å²) in [5.74, 6) is -0.0571. The van der Waals surface area contributed by atoms with Gasteiger partial charge in [0.1, 0.15) is 0 Å². The first-order chi connectivity index (χ1) is 8.56. The summed E-state index contributed by atoms with van der Waals surface area (Å²) in [5.41, 5.74) is 0.350. The van der Waals surface area contributed by atoms with Gasteiger partial charge < -0.3 is 5.32 Å². The first-order valence-electron chi connectivity index (χ1n) is 4.82. The maximum Gasteiger partial charge on any atom is 0.258 e. The lowest BCUT2D eigenvalue weighted by Crippen LogP contribution is -2.13. The van der Waals surface area contributed by atoms with Crippen molar-refractivity contribution in [3.63, 3.8) is 0 Å².